The summed E-state index contributed by atoms with van der Waals surface area (Å²) in [7, 11) is 0. The van der Waals surface area contributed by atoms with Gasteiger partial charge in [-0.2, -0.15) is 0 Å². The topological polar surface area (TPSA) is 61.4 Å². The van der Waals surface area contributed by atoms with Crippen molar-refractivity contribution in [3.8, 4) is 0 Å². The zero-order valence-corrected chi connectivity index (χ0v) is 13.9. The van der Waals surface area contributed by atoms with Crippen LogP contribution in [0.4, 0.5) is 10.5 Å². The molecule has 3 N–H and O–H groups in total. The van der Waals surface area contributed by atoms with Gasteiger partial charge in [0.05, 0.1) is 6.54 Å². The van der Waals surface area contributed by atoms with Gasteiger partial charge in [0.15, 0.2) is 5.60 Å². The summed E-state index contributed by atoms with van der Waals surface area (Å²) in [6, 6.07) is 16.4. The molecule has 0 aliphatic carbocycles. The van der Waals surface area contributed by atoms with Gasteiger partial charge in [0.2, 0.25) is 0 Å². The van der Waals surface area contributed by atoms with Crippen LogP contribution >= 0.6 is 22.7 Å². The van der Waals surface area contributed by atoms with Crippen molar-refractivity contribution >= 4 is 34.4 Å². The standard InChI is InChI=1S/C17H16N2O2S2/c20-16(19-13-6-2-1-3-7-13)18-12-17(21,14-8-4-10-22-14)15-9-5-11-23-15/h1-11,21H,12H2,(H2,18,19,20). The minimum absolute atomic E-state index is 0.104. The van der Waals surface area contributed by atoms with Crippen LogP contribution in [-0.4, -0.2) is 17.7 Å². The Bertz CT molecular complexity index is 706. The summed E-state index contributed by atoms with van der Waals surface area (Å²) >= 11 is 2.94. The van der Waals surface area contributed by atoms with E-state index in [4.69, 9.17) is 0 Å². The Labute approximate surface area is 142 Å². The Morgan fingerprint density at radius 3 is 2.09 bits per heavy atom. The van der Waals surface area contributed by atoms with Crippen LogP contribution in [0, 0.1) is 0 Å². The SMILES string of the molecule is O=C(NCC(O)(c1cccs1)c1cccs1)Nc1ccccc1. The molecule has 0 saturated carbocycles. The van der Waals surface area contributed by atoms with Gasteiger partial charge in [-0.05, 0) is 35.0 Å². The Kier molecular flexibility index (Phi) is 4.76. The van der Waals surface area contributed by atoms with Gasteiger partial charge in [-0.15, -0.1) is 22.7 Å². The van der Waals surface area contributed by atoms with Gasteiger partial charge < -0.3 is 15.7 Å². The lowest BCUT2D eigenvalue weighted by Crippen LogP contribution is -2.42. The number of carbonyl (C=O) groups excluding carboxylic acids is 1. The van der Waals surface area contributed by atoms with E-state index in [9.17, 15) is 9.90 Å². The molecule has 0 bridgehead atoms. The fraction of sp³-hybridized carbons (Fsp3) is 0.118. The highest BCUT2D eigenvalue weighted by Crippen LogP contribution is 2.34. The summed E-state index contributed by atoms with van der Waals surface area (Å²) in [5.74, 6) is 0. The quantitative estimate of drug-likeness (QED) is 0.658. The predicted octanol–water partition coefficient (Wildman–Crippen LogP) is 3.87. The van der Waals surface area contributed by atoms with E-state index in [1.807, 2.05) is 65.4 Å². The van der Waals surface area contributed by atoms with Gasteiger partial charge in [-0.3, -0.25) is 0 Å². The van der Waals surface area contributed by atoms with E-state index in [1.165, 1.54) is 22.7 Å². The smallest absolute Gasteiger partial charge is 0.319 e. The number of urea groups is 1. The number of amides is 2. The third kappa shape index (κ3) is 3.61. The molecule has 2 heterocycles. The number of hydrogen-bond donors (Lipinski definition) is 3. The molecule has 4 nitrogen and oxygen atoms in total. The van der Waals surface area contributed by atoms with Gasteiger partial charge in [0.1, 0.15) is 0 Å². The monoisotopic (exact) mass is 344 g/mol. The molecule has 0 aliphatic rings. The molecular formula is C17H16N2O2S2. The molecule has 118 valence electrons. The zero-order chi connectivity index (χ0) is 16.1. The van der Waals surface area contributed by atoms with Crippen LogP contribution in [0.2, 0.25) is 0 Å². The average Bonchev–Trinajstić information content (AvgIpc) is 3.27. The molecule has 0 atom stereocenters. The van der Waals surface area contributed by atoms with E-state index in [1.54, 1.807) is 0 Å². The van der Waals surface area contributed by atoms with E-state index >= 15 is 0 Å². The van der Waals surface area contributed by atoms with Crippen molar-refractivity contribution in [1.82, 2.24) is 5.32 Å². The Morgan fingerprint density at radius 1 is 0.957 bits per heavy atom. The van der Waals surface area contributed by atoms with E-state index in [0.29, 0.717) is 5.69 Å². The van der Waals surface area contributed by atoms with Crippen LogP contribution in [0.15, 0.2) is 65.4 Å². The number of hydrogen-bond acceptors (Lipinski definition) is 4. The highest BCUT2D eigenvalue weighted by Gasteiger charge is 2.34. The van der Waals surface area contributed by atoms with E-state index in [-0.39, 0.29) is 12.6 Å². The first-order chi connectivity index (χ1) is 11.2. The van der Waals surface area contributed by atoms with Crippen LogP contribution in [0.3, 0.4) is 0 Å². The first-order valence-electron chi connectivity index (χ1n) is 7.09. The maximum absolute atomic E-state index is 12.1. The van der Waals surface area contributed by atoms with Gasteiger partial charge in [0.25, 0.3) is 0 Å². The normalized spacial score (nSPS) is 11.2. The van der Waals surface area contributed by atoms with Crippen LogP contribution in [0.5, 0.6) is 0 Å². The zero-order valence-electron chi connectivity index (χ0n) is 12.2. The van der Waals surface area contributed by atoms with Crippen molar-refractivity contribution in [3.05, 3.63) is 75.1 Å². The average molecular weight is 344 g/mol. The van der Waals surface area contributed by atoms with Crippen LogP contribution in [0.25, 0.3) is 0 Å². The van der Waals surface area contributed by atoms with Gasteiger partial charge in [-0.25, -0.2) is 4.79 Å². The van der Waals surface area contributed by atoms with Crippen molar-refractivity contribution in [2.24, 2.45) is 0 Å². The van der Waals surface area contributed by atoms with Gasteiger partial charge in [-0.1, -0.05) is 30.3 Å². The lowest BCUT2D eigenvalue weighted by Gasteiger charge is -2.26. The van der Waals surface area contributed by atoms with Gasteiger partial charge >= 0.3 is 6.03 Å². The number of carbonyl (C=O) groups is 1. The van der Waals surface area contributed by atoms with Crippen LogP contribution < -0.4 is 10.6 Å². The van der Waals surface area contributed by atoms with Gasteiger partial charge in [0, 0.05) is 15.4 Å². The number of anilines is 1. The first kappa shape index (κ1) is 15.7. The summed E-state index contributed by atoms with van der Waals surface area (Å²) in [5.41, 5.74) is -0.503. The highest BCUT2D eigenvalue weighted by molar-refractivity contribution is 7.11. The van der Waals surface area contributed by atoms with Crippen molar-refractivity contribution < 1.29 is 9.90 Å². The third-order valence-electron chi connectivity index (χ3n) is 3.39. The minimum atomic E-state index is -1.21. The molecule has 3 rings (SSSR count). The number of para-hydroxylation sites is 1. The molecule has 2 amide bonds. The molecule has 0 saturated heterocycles. The fourth-order valence-corrected chi connectivity index (χ4v) is 3.97. The minimum Gasteiger partial charge on any atom is -0.377 e. The second-order valence-electron chi connectivity index (χ2n) is 4.99. The number of nitrogens with one attached hydrogen (secondary N) is 2. The Hall–Kier alpha value is -2.15. The molecule has 2 aromatic heterocycles. The maximum Gasteiger partial charge on any atom is 0.319 e. The highest BCUT2D eigenvalue weighted by atomic mass is 32.1. The number of benzene rings is 1. The lowest BCUT2D eigenvalue weighted by atomic mass is 10.00. The fourth-order valence-electron chi connectivity index (χ4n) is 2.23. The van der Waals surface area contributed by atoms with E-state index < -0.39 is 5.60 Å². The molecule has 0 fully saturated rings. The van der Waals surface area contributed by atoms with Crippen LogP contribution in [-0.2, 0) is 5.60 Å². The van der Waals surface area contributed by atoms with Crippen LogP contribution in [0.1, 0.15) is 9.75 Å². The molecule has 0 radical (unpaired) electrons. The van der Waals surface area contributed by atoms with E-state index in [2.05, 4.69) is 10.6 Å². The summed E-state index contributed by atoms with van der Waals surface area (Å²) in [6.07, 6.45) is 0. The number of thiophene rings is 2. The molecule has 1 aromatic carbocycles. The molecule has 0 unspecified atom stereocenters. The van der Waals surface area contributed by atoms with Crippen molar-refractivity contribution in [2.45, 2.75) is 5.60 Å². The van der Waals surface area contributed by atoms with E-state index in [0.717, 1.165) is 9.75 Å². The summed E-state index contributed by atoms with van der Waals surface area (Å²) < 4.78 is 0. The van der Waals surface area contributed by atoms with Crippen molar-refractivity contribution in [1.29, 1.82) is 0 Å². The first-order valence-corrected chi connectivity index (χ1v) is 8.85. The molecule has 0 spiro atoms. The second kappa shape index (κ2) is 6.95. The summed E-state index contributed by atoms with van der Waals surface area (Å²) in [6.45, 7) is 0.104. The molecule has 23 heavy (non-hydrogen) atoms. The van der Waals surface area contributed by atoms with Crippen molar-refractivity contribution in [2.75, 3.05) is 11.9 Å². The predicted molar refractivity (Wildman–Crippen MR) is 95.1 cm³/mol. The van der Waals surface area contributed by atoms with Crippen molar-refractivity contribution in [3.63, 3.8) is 0 Å². The third-order valence-corrected chi connectivity index (χ3v) is 5.44. The molecular weight excluding hydrogens is 328 g/mol. The number of rotatable bonds is 5. The lowest BCUT2D eigenvalue weighted by molar-refractivity contribution is 0.0904. The maximum atomic E-state index is 12.1. The largest absolute Gasteiger partial charge is 0.377 e. The second-order valence-corrected chi connectivity index (χ2v) is 6.88. The summed E-state index contributed by atoms with van der Waals surface area (Å²) in [4.78, 5) is 13.7. The Morgan fingerprint density at radius 2 is 1.57 bits per heavy atom. The molecule has 0 aliphatic heterocycles. The summed E-state index contributed by atoms with van der Waals surface area (Å²) in [5, 5.41) is 20.5. The Balaban J connectivity index is 1.72. The number of aliphatic hydroxyl groups is 1. The molecule has 3 aromatic rings. The molecule has 6 heteroatoms.